The SMILES string of the molecule is CONC(=O)c1ccc(O[C@@H]2CCSC2)nc1. The molecule has 0 aliphatic carbocycles. The van der Waals surface area contributed by atoms with Gasteiger partial charge in [0.05, 0.1) is 12.7 Å². The van der Waals surface area contributed by atoms with Gasteiger partial charge in [-0.2, -0.15) is 11.8 Å². The highest BCUT2D eigenvalue weighted by Crippen LogP contribution is 2.21. The van der Waals surface area contributed by atoms with Gasteiger partial charge in [0, 0.05) is 18.0 Å². The summed E-state index contributed by atoms with van der Waals surface area (Å²) in [4.78, 5) is 20.0. The van der Waals surface area contributed by atoms with Gasteiger partial charge in [0.2, 0.25) is 5.88 Å². The number of nitrogens with zero attached hydrogens (tertiary/aromatic N) is 1. The number of thioether (sulfide) groups is 1. The van der Waals surface area contributed by atoms with Crippen molar-refractivity contribution in [2.45, 2.75) is 12.5 Å². The minimum Gasteiger partial charge on any atom is -0.473 e. The van der Waals surface area contributed by atoms with Gasteiger partial charge in [0.1, 0.15) is 6.10 Å². The first-order chi connectivity index (χ1) is 8.29. The number of hydroxylamine groups is 1. The zero-order valence-corrected chi connectivity index (χ0v) is 10.3. The highest BCUT2D eigenvalue weighted by Gasteiger charge is 2.17. The van der Waals surface area contributed by atoms with Gasteiger partial charge in [-0.3, -0.25) is 9.63 Å². The third-order valence-corrected chi connectivity index (χ3v) is 3.50. The summed E-state index contributed by atoms with van der Waals surface area (Å²) in [6.07, 6.45) is 2.77. The summed E-state index contributed by atoms with van der Waals surface area (Å²) in [6.45, 7) is 0. The van der Waals surface area contributed by atoms with E-state index in [-0.39, 0.29) is 12.0 Å². The van der Waals surface area contributed by atoms with Crippen molar-refractivity contribution in [3.63, 3.8) is 0 Å². The largest absolute Gasteiger partial charge is 0.473 e. The van der Waals surface area contributed by atoms with Crippen LogP contribution in [-0.4, -0.2) is 35.6 Å². The number of rotatable bonds is 4. The monoisotopic (exact) mass is 254 g/mol. The number of carbonyl (C=O) groups is 1. The van der Waals surface area contributed by atoms with Gasteiger partial charge < -0.3 is 4.74 Å². The van der Waals surface area contributed by atoms with Crippen molar-refractivity contribution in [1.82, 2.24) is 10.5 Å². The van der Waals surface area contributed by atoms with E-state index >= 15 is 0 Å². The third kappa shape index (κ3) is 3.34. The van der Waals surface area contributed by atoms with E-state index in [1.807, 2.05) is 11.8 Å². The molecule has 0 radical (unpaired) electrons. The molecule has 1 N–H and O–H groups in total. The smallest absolute Gasteiger partial charge is 0.276 e. The maximum atomic E-state index is 11.4. The Bertz CT molecular complexity index is 377. The van der Waals surface area contributed by atoms with Gasteiger partial charge in [0.25, 0.3) is 5.91 Å². The van der Waals surface area contributed by atoms with Crippen LogP contribution >= 0.6 is 11.8 Å². The standard InChI is InChI=1S/C11H14N2O3S/c1-15-13-11(14)8-2-3-10(12-6-8)16-9-4-5-17-7-9/h2-3,6,9H,4-5,7H2,1H3,(H,13,14)/t9-/m1/s1. The van der Waals surface area contributed by atoms with Crippen molar-refractivity contribution in [3.05, 3.63) is 23.9 Å². The molecule has 1 amide bonds. The Hall–Kier alpha value is -1.27. The number of nitrogens with one attached hydrogen (secondary N) is 1. The molecule has 0 spiro atoms. The molecule has 17 heavy (non-hydrogen) atoms. The third-order valence-electron chi connectivity index (χ3n) is 2.37. The summed E-state index contributed by atoms with van der Waals surface area (Å²) in [5.74, 6) is 2.39. The molecule has 1 aliphatic heterocycles. The zero-order valence-electron chi connectivity index (χ0n) is 9.51. The second kappa shape index (κ2) is 5.88. The summed E-state index contributed by atoms with van der Waals surface area (Å²) in [6, 6.07) is 3.37. The number of pyridine rings is 1. The molecule has 1 atom stereocenters. The molecule has 0 aromatic carbocycles. The maximum absolute atomic E-state index is 11.4. The predicted octanol–water partition coefficient (Wildman–Crippen LogP) is 1.26. The molecule has 6 heteroatoms. The molecule has 1 fully saturated rings. The molecule has 2 heterocycles. The molecule has 2 rings (SSSR count). The summed E-state index contributed by atoms with van der Waals surface area (Å²) < 4.78 is 5.68. The molecule has 1 saturated heterocycles. The van der Waals surface area contributed by atoms with Gasteiger partial charge >= 0.3 is 0 Å². The number of hydrogen-bond acceptors (Lipinski definition) is 5. The van der Waals surface area contributed by atoms with Crippen molar-refractivity contribution < 1.29 is 14.4 Å². The zero-order chi connectivity index (χ0) is 12.1. The Morgan fingerprint density at radius 3 is 3.06 bits per heavy atom. The van der Waals surface area contributed by atoms with Crippen LogP contribution in [0.3, 0.4) is 0 Å². The van der Waals surface area contributed by atoms with Crippen molar-refractivity contribution in [2.24, 2.45) is 0 Å². The number of carbonyl (C=O) groups excluding carboxylic acids is 1. The van der Waals surface area contributed by atoms with E-state index < -0.39 is 0 Å². The van der Waals surface area contributed by atoms with Gasteiger partial charge in [-0.25, -0.2) is 10.5 Å². The second-order valence-corrected chi connectivity index (χ2v) is 4.77. The van der Waals surface area contributed by atoms with Crippen LogP contribution in [0.4, 0.5) is 0 Å². The number of ether oxygens (including phenoxy) is 1. The fourth-order valence-electron chi connectivity index (χ4n) is 1.51. The van der Waals surface area contributed by atoms with E-state index in [0.717, 1.165) is 17.9 Å². The van der Waals surface area contributed by atoms with Crippen LogP contribution in [0.15, 0.2) is 18.3 Å². The molecule has 0 unspecified atom stereocenters. The molecular weight excluding hydrogens is 240 g/mol. The molecule has 0 bridgehead atoms. The molecule has 1 aromatic rings. The van der Waals surface area contributed by atoms with E-state index in [1.54, 1.807) is 12.1 Å². The van der Waals surface area contributed by atoms with Crippen molar-refractivity contribution >= 4 is 17.7 Å². The first kappa shape index (κ1) is 12.2. The highest BCUT2D eigenvalue weighted by molar-refractivity contribution is 7.99. The van der Waals surface area contributed by atoms with Gasteiger partial charge in [0.15, 0.2) is 0 Å². The first-order valence-electron chi connectivity index (χ1n) is 5.33. The summed E-state index contributed by atoms with van der Waals surface area (Å²) in [7, 11) is 1.39. The van der Waals surface area contributed by atoms with Crippen LogP contribution in [0.2, 0.25) is 0 Å². The average Bonchev–Trinajstić information content (AvgIpc) is 2.83. The Morgan fingerprint density at radius 1 is 1.59 bits per heavy atom. The van der Waals surface area contributed by atoms with E-state index in [9.17, 15) is 4.79 Å². The highest BCUT2D eigenvalue weighted by atomic mass is 32.2. The second-order valence-electron chi connectivity index (χ2n) is 3.62. The number of hydrogen-bond donors (Lipinski definition) is 1. The van der Waals surface area contributed by atoms with Crippen LogP contribution in [0.25, 0.3) is 0 Å². The Labute approximate surface area is 104 Å². The van der Waals surface area contributed by atoms with Crippen LogP contribution in [0.1, 0.15) is 16.8 Å². The first-order valence-corrected chi connectivity index (χ1v) is 6.49. The molecule has 1 aromatic heterocycles. The van der Waals surface area contributed by atoms with E-state index in [0.29, 0.717) is 11.4 Å². The van der Waals surface area contributed by atoms with Crippen molar-refractivity contribution in [3.8, 4) is 5.88 Å². The summed E-state index contributed by atoms with van der Waals surface area (Å²) in [5.41, 5.74) is 2.68. The van der Waals surface area contributed by atoms with Crippen LogP contribution in [0, 0.1) is 0 Å². The summed E-state index contributed by atoms with van der Waals surface area (Å²) >= 11 is 1.88. The lowest BCUT2D eigenvalue weighted by Gasteiger charge is -2.11. The Morgan fingerprint density at radius 2 is 2.47 bits per heavy atom. The minimum atomic E-state index is -0.317. The molecule has 0 saturated carbocycles. The predicted molar refractivity (Wildman–Crippen MR) is 65.1 cm³/mol. The lowest BCUT2D eigenvalue weighted by Crippen LogP contribution is -2.22. The quantitative estimate of drug-likeness (QED) is 0.820. The van der Waals surface area contributed by atoms with Crippen LogP contribution < -0.4 is 10.2 Å². The Kier molecular flexibility index (Phi) is 4.22. The lowest BCUT2D eigenvalue weighted by atomic mass is 10.3. The van der Waals surface area contributed by atoms with E-state index in [4.69, 9.17) is 4.74 Å². The Balaban J connectivity index is 1.94. The number of aromatic nitrogens is 1. The van der Waals surface area contributed by atoms with Crippen molar-refractivity contribution in [2.75, 3.05) is 18.6 Å². The lowest BCUT2D eigenvalue weighted by molar-refractivity contribution is 0.0537. The topological polar surface area (TPSA) is 60.5 Å². The molecule has 92 valence electrons. The van der Waals surface area contributed by atoms with E-state index in [2.05, 4.69) is 15.3 Å². The molecular formula is C11H14N2O3S. The van der Waals surface area contributed by atoms with E-state index in [1.165, 1.54) is 13.3 Å². The fourth-order valence-corrected chi connectivity index (χ4v) is 2.61. The fraction of sp³-hybridized carbons (Fsp3) is 0.455. The van der Waals surface area contributed by atoms with Crippen molar-refractivity contribution in [1.29, 1.82) is 0 Å². The van der Waals surface area contributed by atoms with Crippen LogP contribution in [-0.2, 0) is 4.84 Å². The molecule has 1 aliphatic rings. The minimum absolute atomic E-state index is 0.242. The van der Waals surface area contributed by atoms with Gasteiger partial charge in [-0.15, -0.1) is 0 Å². The average molecular weight is 254 g/mol. The van der Waals surface area contributed by atoms with Crippen LogP contribution in [0.5, 0.6) is 5.88 Å². The molecule has 5 nitrogen and oxygen atoms in total. The maximum Gasteiger partial charge on any atom is 0.276 e. The summed E-state index contributed by atoms with van der Waals surface area (Å²) in [5, 5.41) is 0. The number of amides is 1. The van der Waals surface area contributed by atoms with Gasteiger partial charge in [-0.05, 0) is 18.2 Å². The van der Waals surface area contributed by atoms with Gasteiger partial charge in [-0.1, -0.05) is 0 Å². The normalized spacial score (nSPS) is 19.0.